The van der Waals surface area contributed by atoms with Crippen LogP contribution in [0.5, 0.6) is 6.01 Å². The van der Waals surface area contributed by atoms with Crippen molar-refractivity contribution in [1.82, 2.24) is 24.0 Å². The van der Waals surface area contributed by atoms with Crippen molar-refractivity contribution < 1.29 is 24.5 Å². The first-order valence-electron chi connectivity index (χ1n) is 9.23. The maximum atomic E-state index is 13.0. The topological polar surface area (TPSA) is 143 Å². The van der Waals surface area contributed by atoms with Gasteiger partial charge < -0.3 is 24.7 Å². The lowest BCUT2D eigenvalue weighted by atomic mass is 10.3. The van der Waals surface area contributed by atoms with E-state index >= 15 is 0 Å². The third-order valence-electron chi connectivity index (χ3n) is 4.80. The van der Waals surface area contributed by atoms with Gasteiger partial charge in [-0.15, -0.1) is 5.92 Å². The Morgan fingerprint density at radius 3 is 2.43 bits per heavy atom. The molecule has 3 rings (SSSR count). The lowest BCUT2D eigenvalue weighted by Gasteiger charge is -2.33. The molecule has 2 aromatic rings. The number of aromatic nitrogens is 4. The predicted octanol–water partition coefficient (Wildman–Crippen LogP) is -0.195. The summed E-state index contributed by atoms with van der Waals surface area (Å²) >= 11 is 0. The molecule has 1 aliphatic heterocycles. The average Bonchev–Trinajstić information content (AvgIpc) is 3.08. The molecule has 0 saturated carbocycles. The molecule has 0 spiro atoms. The Labute approximate surface area is 171 Å². The van der Waals surface area contributed by atoms with Gasteiger partial charge in [0, 0.05) is 33.2 Å². The molecule has 2 aromatic heterocycles. The van der Waals surface area contributed by atoms with Crippen LogP contribution in [-0.4, -0.2) is 78.6 Å². The van der Waals surface area contributed by atoms with Crippen molar-refractivity contribution in [3.8, 4) is 17.9 Å². The lowest BCUT2D eigenvalue weighted by Crippen LogP contribution is -2.49. The summed E-state index contributed by atoms with van der Waals surface area (Å²) < 4.78 is 8.07. The molecule has 3 heterocycles. The molecular formula is C18H22N6O6. The van der Waals surface area contributed by atoms with Gasteiger partial charge in [0.2, 0.25) is 5.95 Å². The predicted molar refractivity (Wildman–Crippen MR) is 106 cm³/mol. The molecular weight excluding hydrogens is 396 g/mol. The Bertz CT molecular complexity index is 1100. The first-order valence-corrected chi connectivity index (χ1v) is 9.23. The number of rotatable bonds is 5. The molecule has 0 aliphatic carbocycles. The number of amides is 1. The fraction of sp³-hybridized carbons (Fsp3) is 0.500. The van der Waals surface area contributed by atoms with Crippen LogP contribution in [0.1, 0.15) is 13.8 Å². The number of anilines is 1. The summed E-state index contributed by atoms with van der Waals surface area (Å²) in [5, 5.41) is 18.2. The van der Waals surface area contributed by atoms with E-state index in [-0.39, 0.29) is 23.7 Å². The molecule has 12 nitrogen and oxygen atoms in total. The van der Waals surface area contributed by atoms with Crippen molar-refractivity contribution >= 4 is 29.2 Å². The minimum absolute atomic E-state index is 0.110. The van der Waals surface area contributed by atoms with Crippen LogP contribution in [-0.2, 0) is 18.4 Å². The molecule has 12 heteroatoms. The fourth-order valence-electron chi connectivity index (χ4n) is 3.09. The largest absolute Gasteiger partial charge is 0.479 e. The standard InChI is InChI=1S/C18H22N6O6/c1-4-5-6-24-12-13(19-16(24)22-7-9-23(10-8-22)18(28)29)20-17(21(3)14(12)25)30-11(2)15(26)27/h11H,6-10H2,1-3H3,(H,26,27)(H,28,29). The molecule has 160 valence electrons. The van der Waals surface area contributed by atoms with E-state index in [1.165, 1.54) is 18.9 Å². The number of hydrogen-bond donors (Lipinski definition) is 2. The molecule has 2 N–H and O–H groups in total. The second-order valence-electron chi connectivity index (χ2n) is 6.71. The number of ether oxygens (including phenoxy) is 1. The number of nitrogens with zero attached hydrogens (tertiary/aromatic N) is 6. The smallest absolute Gasteiger partial charge is 0.407 e. The van der Waals surface area contributed by atoms with E-state index in [4.69, 9.17) is 14.9 Å². The minimum Gasteiger partial charge on any atom is -0.479 e. The van der Waals surface area contributed by atoms with Crippen LogP contribution in [0.25, 0.3) is 11.2 Å². The first kappa shape index (κ1) is 21.0. The van der Waals surface area contributed by atoms with Gasteiger partial charge in [0.05, 0.1) is 6.54 Å². The zero-order valence-corrected chi connectivity index (χ0v) is 16.8. The number of aliphatic carboxylic acids is 1. The van der Waals surface area contributed by atoms with Crippen molar-refractivity contribution in [2.45, 2.75) is 26.5 Å². The van der Waals surface area contributed by atoms with Gasteiger partial charge in [0.25, 0.3) is 5.56 Å². The number of carboxylic acid groups (broad SMARTS) is 2. The van der Waals surface area contributed by atoms with Crippen molar-refractivity contribution in [1.29, 1.82) is 0 Å². The third kappa shape index (κ3) is 3.86. The number of fused-ring (bicyclic) bond motifs is 1. The molecule has 0 aromatic carbocycles. The van der Waals surface area contributed by atoms with Crippen LogP contribution < -0.4 is 15.2 Å². The maximum Gasteiger partial charge on any atom is 0.407 e. The van der Waals surface area contributed by atoms with Gasteiger partial charge in [-0.3, -0.25) is 13.9 Å². The minimum atomic E-state index is -1.20. The average molecular weight is 418 g/mol. The van der Waals surface area contributed by atoms with Crippen LogP contribution in [0, 0.1) is 11.8 Å². The Morgan fingerprint density at radius 2 is 1.87 bits per heavy atom. The van der Waals surface area contributed by atoms with Crippen LogP contribution in [0.15, 0.2) is 4.79 Å². The summed E-state index contributed by atoms with van der Waals surface area (Å²) in [5.41, 5.74) is -0.126. The summed E-state index contributed by atoms with van der Waals surface area (Å²) in [6.07, 6.45) is -2.18. The SMILES string of the molecule is CC#CCn1c(N2CCN(C(=O)O)CC2)nc2nc(OC(C)C(=O)O)n(C)c(=O)c21. The van der Waals surface area contributed by atoms with E-state index in [0.29, 0.717) is 32.1 Å². The number of piperazine rings is 1. The van der Waals surface area contributed by atoms with Crippen LogP contribution in [0.2, 0.25) is 0 Å². The van der Waals surface area contributed by atoms with Crippen LogP contribution >= 0.6 is 0 Å². The van der Waals surface area contributed by atoms with E-state index < -0.39 is 23.7 Å². The van der Waals surface area contributed by atoms with Crippen LogP contribution in [0.3, 0.4) is 0 Å². The van der Waals surface area contributed by atoms with Gasteiger partial charge in [0.15, 0.2) is 17.3 Å². The highest BCUT2D eigenvalue weighted by atomic mass is 16.5. The molecule has 1 saturated heterocycles. The molecule has 1 fully saturated rings. The summed E-state index contributed by atoms with van der Waals surface area (Å²) in [6.45, 7) is 4.61. The van der Waals surface area contributed by atoms with E-state index in [1.54, 1.807) is 11.5 Å². The second-order valence-corrected chi connectivity index (χ2v) is 6.71. The fourth-order valence-corrected chi connectivity index (χ4v) is 3.09. The van der Waals surface area contributed by atoms with Crippen LogP contribution in [0.4, 0.5) is 10.7 Å². The number of carbonyl (C=O) groups is 2. The van der Waals surface area contributed by atoms with Gasteiger partial charge in [-0.2, -0.15) is 9.97 Å². The second kappa shape index (κ2) is 8.32. The van der Waals surface area contributed by atoms with Gasteiger partial charge in [-0.1, -0.05) is 5.92 Å². The Kier molecular flexibility index (Phi) is 5.81. The van der Waals surface area contributed by atoms with Crippen molar-refractivity contribution in [3.63, 3.8) is 0 Å². The van der Waals surface area contributed by atoms with E-state index in [0.717, 1.165) is 4.57 Å². The quantitative estimate of drug-likeness (QED) is 0.631. The number of carboxylic acids is 1. The van der Waals surface area contributed by atoms with E-state index in [1.807, 2.05) is 4.90 Å². The Balaban J connectivity index is 2.07. The molecule has 30 heavy (non-hydrogen) atoms. The molecule has 0 radical (unpaired) electrons. The molecule has 1 atom stereocenters. The van der Waals surface area contributed by atoms with Gasteiger partial charge >= 0.3 is 18.1 Å². The van der Waals surface area contributed by atoms with Crippen molar-refractivity contribution in [2.24, 2.45) is 7.05 Å². The monoisotopic (exact) mass is 418 g/mol. The zero-order chi connectivity index (χ0) is 22.0. The van der Waals surface area contributed by atoms with Crippen molar-refractivity contribution in [2.75, 3.05) is 31.1 Å². The van der Waals surface area contributed by atoms with Gasteiger partial charge in [0.1, 0.15) is 0 Å². The normalized spacial score (nSPS) is 14.9. The molecule has 1 aliphatic rings. The summed E-state index contributed by atoms with van der Waals surface area (Å²) in [6, 6.07) is -0.157. The van der Waals surface area contributed by atoms with E-state index in [2.05, 4.69) is 21.8 Å². The molecule has 1 unspecified atom stereocenters. The highest BCUT2D eigenvalue weighted by molar-refractivity contribution is 5.75. The highest BCUT2D eigenvalue weighted by Crippen LogP contribution is 2.22. The molecule has 1 amide bonds. The Hall–Kier alpha value is -3.75. The number of hydrogen-bond acceptors (Lipinski definition) is 7. The maximum absolute atomic E-state index is 13.0. The summed E-state index contributed by atoms with van der Waals surface area (Å²) in [7, 11) is 1.44. The van der Waals surface area contributed by atoms with E-state index in [9.17, 15) is 14.4 Å². The lowest BCUT2D eigenvalue weighted by molar-refractivity contribution is -0.144. The van der Waals surface area contributed by atoms with Gasteiger partial charge in [-0.25, -0.2) is 9.59 Å². The zero-order valence-electron chi connectivity index (χ0n) is 16.8. The summed E-state index contributed by atoms with van der Waals surface area (Å²) in [5.74, 6) is 4.96. The third-order valence-corrected chi connectivity index (χ3v) is 4.80. The van der Waals surface area contributed by atoms with Crippen molar-refractivity contribution in [3.05, 3.63) is 10.4 Å². The van der Waals surface area contributed by atoms with Gasteiger partial charge in [-0.05, 0) is 13.8 Å². The highest BCUT2D eigenvalue weighted by Gasteiger charge is 2.27. The Morgan fingerprint density at radius 1 is 1.20 bits per heavy atom. The summed E-state index contributed by atoms with van der Waals surface area (Å²) in [4.78, 5) is 47.2. The molecule has 0 bridgehead atoms. The first-order chi connectivity index (χ1) is 14.2. The number of imidazole rings is 1.